The van der Waals surface area contributed by atoms with E-state index in [1.165, 1.54) is 5.56 Å². The van der Waals surface area contributed by atoms with Crippen LogP contribution in [0.3, 0.4) is 0 Å². The molecule has 0 aromatic heterocycles. The van der Waals surface area contributed by atoms with Gasteiger partial charge in [-0.2, -0.15) is 0 Å². The molecule has 2 rings (SSSR count). The molecule has 1 aliphatic heterocycles. The van der Waals surface area contributed by atoms with Crippen LogP contribution in [0.1, 0.15) is 17.5 Å². The molecule has 4 nitrogen and oxygen atoms in total. The zero-order chi connectivity index (χ0) is 13.5. The zero-order valence-electron chi connectivity index (χ0n) is 11.0. The van der Waals surface area contributed by atoms with Crippen LogP contribution in [0.15, 0.2) is 24.3 Å². The summed E-state index contributed by atoms with van der Waals surface area (Å²) in [6, 6.07) is 8.11. The molecule has 0 atom stereocenters. The van der Waals surface area contributed by atoms with Gasteiger partial charge in [-0.25, -0.2) is 0 Å². The topological polar surface area (TPSA) is 58.4 Å². The van der Waals surface area contributed by atoms with Crippen molar-refractivity contribution < 1.29 is 4.79 Å². The van der Waals surface area contributed by atoms with Crippen molar-refractivity contribution >= 4 is 5.91 Å². The number of nitrogens with one attached hydrogen (secondary N) is 1. The van der Waals surface area contributed by atoms with Crippen LogP contribution in [0.5, 0.6) is 0 Å². The van der Waals surface area contributed by atoms with Crippen molar-refractivity contribution in [2.75, 3.05) is 26.2 Å². The molecule has 100 valence electrons. The van der Waals surface area contributed by atoms with E-state index in [0.29, 0.717) is 13.1 Å². The van der Waals surface area contributed by atoms with E-state index >= 15 is 0 Å². The van der Waals surface area contributed by atoms with Gasteiger partial charge in [-0.3, -0.25) is 9.69 Å². The Bertz CT molecular complexity index is 484. The Balaban J connectivity index is 1.96. The number of nitrogens with two attached hydrogens (primary N) is 1. The fraction of sp³-hybridized carbons (Fsp3) is 0.400. The Kier molecular flexibility index (Phi) is 4.96. The maximum Gasteiger partial charge on any atom is 0.234 e. The molecule has 0 aliphatic carbocycles. The molecule has 0 saturated carbocycles. The van der Waals surface area contributed by atoms with Crippen molar-refractivity contribution in [3.63, 3.8) is 0 Å². The summed E-state index contributed by atoms with van der Waals surface area (Å²) < 4.78 is 0. The highest BCUT2D eigenvalue weighted by atomic mass is 16.2. The molecule has 1 aromatic rings. The average molecular weight is 257 g/mol. The summed E-state index contributed by atoms with van der Waals surface area (Å²) in [6.45, 7) is 3.40. The second-order valence-electron chi connectivity index (χ2n) is 4.62. The van der Waals surface area contributed by atoms with Gasteiger partial charge < -0.3 is 11.1 Å². The molecule has 1 fully saturated rings. The molecular formula is C15H19N3O. The van der Waals surface area contributed by atoms with Crippen LogP contribution in [-0.2, 0) is 11.3 Å². The Morgan fingerprint density at radius 2 is 2.11 bits per heavy atom. The number of benzene rings is 1. The molecule has 1 amide bonds. The SMILES string of the molecule is NCC#Cc1ccc(CN2CCCNC(=O)C2)cc1. The Morgan fingerprint density at radius 3 is 2.84 bits per heavy atom. The third-order valence-corrected chi connectivity index (χ3v) is 3.04. The minimum Gasteiger partial charge on any atom is -0.355 e. The van der Waals surface area contributed by atoms with Gasteiger partial charge in [0.05, 0.1) is 13.1 Å². The minimum absolute atomic E-state index is 0.114. The summed E-state index contributed by atoms with van der Waals surface area (Å²) in [4.78, 5) is 13.6. The number of hydrogen-bond donors (Lipinski definition) is 2. The van der Waals surface area contributed by atoms with Crippen LogP contribution < -0.4 is 11.1 Å². The highest BCUT2D eigenvalue weighted by molar-refractivity contribution is 5.78. The molecular weight excluding hydrogens is 238 g/mol. The molecule has 1 heterocycles. The lowest BCUT2D eigenvalue weighted by molar-refractivity contribution is -0.121. The first-order chi connectivity index (χ1) is 9.28. The van der Waals surface area contributed by atoms with Crippen molar-refractivity contribution in [2.24, 2.45) is 5.73 Å². The fourth-order valence-corrected chi connectivity index (χ4v) is 2.11. The van der Waals surface area contributed by atoms with E-state index in [1.54, 1.807) is 0 Å². The van der Waals surface area contributed by atoms with E-state index in [1.807, 2.05) is 12.1 Å². The number of carbonyl (C=O) groups excluding carboxylic acids is 1. The van der Waals surface area contributed by atoms with E-state index in [4.69, 9.17) is 5.73 Å². The second kappa shape index (κ2) is 6.93. The van der Waals surface area contributed by atoms with Crippen molar-refractivity contribution in [3.8, 4) is 11.8 Å². The second-order valence-corrected chi connectivity index (χ2v) is 4.62. The van der Waals surface area contributed by atoms with Gasteiger partial charge in [0.25, 0.3) is 0 Å². The van der Waals surface area contributed by atoms with Crippen LogP contribution in [-0.4, -0.2) is 37.0 Å². The summed E-state index contributed by atoms with van der Waals surface area (Å²) in [5.74, 6) is 5.95. The molecule has 0 spiro atoms. The average Bonchev–Trinajstić information content (AvgIpc) is 2.62. The number of amides is 1. The number of rotatable bonds is 2. The van der Waals surface area contributed by atoms with Crippen LogP contribution in [0.4, 0.5) is 0 Å². The van der Waals surface area contributed by atoms with Gasteiger partial charge in [0.15, 0.2) is 0 Å². The first kappa shape index (κ1) is 13.6. The standard InChI is InChI=1S/C15H19N3O/c16-8-1-3-13-4-6-14(7-5-13)11-18-10-2-9-17-15(19)12-18/h4-7H,2,8-12,16H2,(H,17,19). The van der Waals surface area contributed by atoms with Gasteiger partial charge >= 0.3 is 0 Å². The molecule has 0 bridgehead atoms. The van der Waals surface area contributed by atoms with Gasteiger partial charge in [-0.15, -0.1) is 0 Å². The molecule has 3 N–H and O–H groups in total. The van der Waals surface area contributed by atoms with E-state index in [9.17, 15) is 4.79 Å². The maximum atomic E-state index is 11.5. The van der Waals surface area contributed by atoms with Crippen LogP contribution in [0.25, 0.3) is 0 Å². The van der Waals surface area contributed by atoms with E-state index in [2.05, 4.69) is 34.2 Å². The monoisotopic (exact) mass is 257 g/mol. The highest BCUT2D eigenvalue weighted by Crippen LogP contribution is 2.08. The zero-order valence-corrected chi connectivity index (χ0v) is 11.0. The van der Waals surface area contributed by atoms with Gasteiger partial charge in [-0.1, -0.05) is 24.0 Å². The maximum absolute atomic E-state index is 11.5. The predicted octanol–water partition coefficient (Wildman–Crippen LogP) is 0.319. The molecule has 1 aliphatic rings. The molecule has 19 heavy (non-hydrogen) atoms. The van der Waals surface area contributed by atoms with Crippen molar-refractivity contribution in [1.82, 2.24) is 10.2 Å². The van der Waals surface area contributed by atoms with Crippen molar-refractivity contribution in [2.45, 2.75) is 13.0 Å². The molecule has 0 unspecified atom stereocenters. The molecule has 1 saturated heterocycles. The Hall–Kier alpha value is -1.83. The summed E-state index contributed by atoms with van der Waals surface area (Å²) in [6.07, 6.45) is 1.01. The number of carbonyl (C=O) groups is 1. The van der Waals surface area contributed by atoms with E-state index in [0.717, 1.165) is 31.6 Å². The molecule has 0 radical (unpaired) electrons. The third kappa shape index (κ3) is 4.40. The van der Waals surface area contributed by atoms with Crippen LogP contribution in [0, 0.1) is 11.8 Å². The van der Waals surface area contributed by atoms with Gasteiger partial charge in [0, 0.05) is 25.2 Å². The van der Waals surface area contributed by atoms with Crippen molar-refractivity contribution in [1.29, 1.82) is 0 Å². The highest BCUT2D eigenvalue weighted by Gasteiger charge is 2.14. The van der Waals surface area contributed by atoms with Gasteiger partial charge in [0.1, 0.15) is 0 Å². The lowest BCUT2D eigenvalue weighted by atomic mass is 10.1. The number of hydrogen-bond acceptors (Lipinski definition) is 3. The largest absolute Gasteiger partial charge is 0.355 e. The quantitative estimate of drug-likeness (QED) is 0.750. The first-order valence-corrected chi connectivity index (χ1v) is 6.55. The third-order valence-electron chi connectivity index (χ3n) is 3.04. The molecule has 1 aromatic carbocycles. The summed E-state index contributed by atoms with van der Waals surface area (Å²) >= 11 is 0. The lowest BCUT2D eigenvalue weighted by Crippen LogP contribution is -2.32. The Morgan fingerprint density at radius 1 is 1.32 bits per heavy atom. The first-order valence-electron chi connectivity index (χ1n) is 6.55. The van der Waals surface area contributed by atoms with E-state index < -0.39 is 0 Å². The van der Waals surface area contributed by atoms with Gasteiger partial charge in [-0.05, 0) is 24.1 Å². The van der Waals surface area contributed by atoms with E-state index in [-0.39, 0.29) is 5.91 Å². The number of nitrogens with zero attached hydrogens (tertiary/aromatic N) is 1. The fourth-order valence-electron chi connectivity index (χ4n) is 2.11. The van der Waals surface area contributed by atoms with Crippen LogP contribution >= 0.6 is 0 Å². The summed E-state index contributed by atoms with van der Waals surface area (Å²) in [5, 5.41) is 2.88. The Labute approximate surface area is 114 Å². The van der Waals surface area contributed by atoms with Crippen molar-refractivity contribution in [3.05, 3.63) is 35.4 Å². The van der Waals surface area contributed by atoms with Crippen LogP contribution in [0.2, 0.25) is 0 Å². The summed E-state index contributed by atoms with van der Waals surface area (Å²) in [7, 11) is 0. The lowest BCUT2D eigenvalue weighted by Gasteiger charge is -2.18. The smallest absolute Gasteiger partial charge is 0.234 e. The predicted molar refractivity (Wildman–Crippen MR) is 75.3 cm³/mol. The normalized spacial score (nSPS) is 16.2. The molecule has 4 heteroatoms. The summed E-state index contributed by atoms with van der Waals surface area (Å²) in [5.41, 5.74) is 7.52. The minimum atomic E-state index is 0.114. The van der Waals surface area contributed by atoms with Gasteiger partial charge in [0.2, 0.25) is 5.91 Å².